The number of ether oxygens (including phenoxy) is 1. The van der Waals surface area contributed by atoms with Gasteiger partial charge in [-0.25, -0.2) is 8.42 Å². The van der Waals surface area contributed by atoms with Crippen LogP contribution >= 0.6 is 11.6 Å². The van der Waals surface area contributed by atoms with Gasteiger partial charge in [0, 0.05) is 34.6 Å². The van der Waals surface area contributed by atoms with Crippen molar-refractivity contribution in [2.45, 2.75) is 37.8 Å². The highest BCUT2D eigenvalue weighted by Gasteiger charge is 2.28. The number of aromatic nitrogens is 1. The predicted molar refractivity (Wildman–Crippen MR) is 153 cm³/mol. The largest absolute Gasteiger partial charge is 0.481 e. The number of nitriles is 1. The molecule has 0 fully saturated rings. The van der Waals surface area contributed by atoms with Crippen molar-refractivity contribution in [2.24, 2.45) is 0 Å². The summed E-state index contributed by atoms with van der Waals surface area (Å²) in [5, 5.41) is 20.3. The summed E-state index contributed by atoms with van der Waals surface area (Å²) in [6, 6.07) is 18.9. The molecule has 40 heavy (non-hydrogen) atoms. The van der Waals surface area contributed by atoms with Crippen molar-refractivity contribution in [3.05, 3.63) is 94.1 Å². The maximum atomic E-state index is 13.1. The number of carboxylic acids is 1. The number of carbonyl (C=O) groups is 1. The fourth-order valence-corrected chi connectivity index (χ4v) is 5.76. The molecule has 1 aromatic heterocycles. The first-order chi connectivity index (χ1) is 19.1. The van der Waals surface area contributed by atoms with Crippen molar-refractivity contribution in [1.29, 1.82) is 5.26 Å². The average molecular weight is 576 g/mol. The smallest absolute Gasteiger partial charge is 0.322 e. The van der Waals surface area contributed by atoms with E-state index in [4.69, 9.17) is 21.6 Å². The Morgan fingerprint density at radius 1 is 1.12 bits per heavy atom. The van der Waals surface area contributed by atoms with Crippen molar-refractivity contribution in [2.75, 3.05) is 6.61 Å². The molecule has 3 aromatic carbocycles. The zero-order valence-electron chi connectivity index (χ0n) is 21.8. The molecule has 1 unspecified atom stereocenters. The van der Waals surface area contributed by atoms with Crippen LogP contribution in [-0.2, 0) is 27.8 Å². The quantitative estimate of drug-likeness (QED) is 0.259. The van der Waals surface area contributed by atoms with E-state index in [2.05, 4.69) is 22.6 Å². The summed E-state index contributed by atoms with van der Waals surface area (Å²) < 4.78 is 36.0. The van der Waals surface area contributed by atoms with Gasteiger partial charge in [0.15, 0.2) is 0 Å². The average Bonchev–Trinajstić information content (AvgIpc) is 3.18. The number of aliphatic carboxylic acids is 1. The summed E-state index contributed by atoms with van der Waals surface area (Å²) >= 11 is 6.30. The van der Waals surface area contributed by atoms with E-state index in [9.17, 15) is 18.3 Å². The Bertz CT molecular complexity index is 1760. The van der Waals surface area contributed by atoms with E-state index in [1.54, 1.807) is 31.2 Å². The molecule has 204 valence electrons. The van der Waals surface area contributed by atoms with Gasteiger partial charge in [0.1, 0.15) is 18.4 Å². The third-order valence-electron chi connectivity index (χ3n) is 6.47. The van der Waals surface area contributed by atoms with Gasteiger partial charge in [0.25, 0.3) is 0 Å². The summed E-state index contributed by atoms with van der Waals surface area (Å²) in [5.41, 5.74) is 3.78. The Kier molecular flexibility index (Phi) is 8.81. The molecule has 0 aliphatic carbocycles. The highest BCUT2D eigenvalue weighted by atomic mass is 35.5. The van der Waals surface area contributed by atoms with Crippen LogP contribution in [0.2, 0.25) is 5.02 Å². The van der Waals surface area contributed by atoms with Gasteiger partial charge in [0.2, 0.25) is 10.0 Å². The molecule has 8 nitrogen and oxygen atoms in total. The van der Waals surface area contributed by atoms with Crippen LogP contribution in [0.25, 0.3) is 10.9 Å². The molecule has 4 rings (SSSR count). The molecule has 0 aliphatic rings. The number of nitrogens with zero attached hydrogens (tertiary/aromatic N) is 2. The number of carboxylic acid groups (broad SMARTS) is 1. The fraction of sp³-hybridized carbons (Fsp3) is 0.200. The Hall–Kier alpha value is -4.28. The van der Waals surface area contributed by atoms with E-state index in [-0.39, 0.29) is 17.9 Å². The molecular weight excluding hydrogens is 550 g/mol. The molecule has 0 aliphatic heterocycles. The minimum Gasteiger partial charge on any atom is -0.481 e. The number of nitrogens with one attached hydrogen (secondary N) is 1. The lowest BCUT2D eigenvalue weighted by atomic mass is 10.0. The number of hydrogen-bond acceptors (Lipinski definition) is 5. The van der Waals surface area contributed by atoms with E-state index in [1.807, 2.05) is 29.7 Å². The number of halogens is 1. The van der Waals surface area contributed by atoms with Gasteiger partial charge >= 0.3 is 5.97 Å². The normalized spacial score (nSPS) is 11.8. The second kappa shape index (κ2) is 12.3. The van der Waals surface area contributed by atoms with Crippen LogP contribution in [0.5, 0.6) is 5.75 Å². The van der Waals surface area contributed by atoms with Crippen LogP contribution in [0.1, 0.15) is 29.3 Å². The van der Waals surface area contributed by atoms with Crippen LogP contribution in [0, 0.1) is 30.1 Å². The minimum absolute atomic E-state index is 0.0873. The summed E-state index contributed by atoms with van der Waals surface area (Å²) in [4.78, 5) is 12.2. The summed E-state index contributed by atoms with van der Waals surface area (Å²) in [7, 11) is -4.16. The highest BCUT2D eigenvalue weighted by Crippen LogP contribution is 2.31. The fourth-order valence-electron chi connectivity index (χ4n) is 4.40. The molecule has 1 atom stereocenters. The number of hydrogen-bond donors (Lipinski definition) is 2. The van der Waals surface area contributed by atoms with E-state index in [0.29, 0.717) is 28.4 Å². The molecule has 4 aromatic rings. The van der Waals surface area contributed by atoms with Gasteiger partial charge < -0.3 is 14.4 Å². The lowest BCUT2D eigenvalue weighted by Gasteiger charge is -2.16. The van der Waals surface area contributed by atoms with Crippen molar-refractivity contribution >= 4 is 38.5 Å². The number of fused-ring (bicyclic) bond motifs is 1. The first-order valence-corrected chi connectivity index (χ1v) is 14.1. The molecule has 0 saturated carbocycles. The van der Waals surface area contributed by atoms with Gasteiger partial charge in [-0.1, -0.05) is 29.7 Å². The highest BCUT2D eigenvalue weighted by molar-refractivity contribution is 7.89. The van der Waals surface area contributed by atoms with Crippen molar-refractivity contribution in [3.8, 4) is 23.7 Å². The summed E-state index contributed by atoms with van der Waals surface area (Å²) in [6.45, 7) is 4.19. The topological polar surface area (TPSA) is 121 Å². The van der Waals surface area contributed by atoms with E-state index in [0.717, 1.165) is 22.2 Å². The number of sulfonamides is 1. The Morgan fingerprint density at radius 3 is 2.45 bits per heavy atom. The van der Waals surface area contributed by atoms with E-state index < -0.39 is 22.0 Å². The molecule has 0 amide bonds. The molecule has 0 spiro atoms. The predicted octanol–water partition coefficient (Wildman–Crippen LogP) is 4.90. The molecule has 1 heterocycles. The van der Waals surface area contributed by atoms with Gasteiger partial charge in [-0.05, 0) is 79.6 Å². The summed E-state index contributed by atoms with van der Waals surface area (Å²) in [6.07, 6.45) is -0.103. The monoisotopic (exact) mass is 575 g/mol. The number of benzene rings is 3. The Morgan fingerprint density at radius 2 is 1.82 bits per heavy atom. The van der Waals surface area contributed by atoms with Crippen molar-refractivity contribution in [1.82, 2.24) is 9.29 Å². The second-order valence-corrected chi connectivity index (χ2v) is 11.2. The zero-order chi connectivity index (χ0) is 28.9. The van der Waals surface area contributed by atoms with Gasteiger partial charge in [-0.3, -0.25) is 4.79 Å². The molecule has 0 bridgehead atoms. The lowest BCUT2D eigenvalue weighted by molar-refractivity contribution is -0.138. The standard InChI is InChI=1S/C30H26ClN3O5S/c1-3-4-15-39-24-10-12-25(13-11-24)40(37,38)33-28(30(35)36)17-26-20(2)34(29-14-9-23(31)16-27(26)29)19-22-7-5-21(18-32)6-8-22/h5-14,16,28,33H,15,17,19H2,1-2H3,(H,35,36). The minimum atomic E-state index is -4.16. The molecule has 0 saturated heterocycles. The first kappa shape index (κ1) is 28.7. The van der Waals surface area contributed by atoms with E-state index >= 15 is 0 Å². The van der Waals surface area contributed by atoms with Crippen LogP contribution in [0.3, 0.4) is 0 Å². The zero-order valence-corrected chi connectivity index (χ0v) is 23.4. The lowest BCUT2D eigenvalue weighted by Crippen LogP contribution is -2.42. The Labute approximate surface area is 237 Å². The molecule has 10 heteroatoms. The molecule has 0 radical (unpaired) electrons. The third-order valence-corrected chi connectivity index (χ3v) is 8.19. The number of rotatable bonds is 10. The van der Waals surface area contributed by atoms with Crippen LogP contribution in [0.15, 0.2) is 71.6 Å². The first-order valence-electron chi connectivity index (χ1n) is 12.3. The van der Waals surface area contributed by atoms with Crippen LogP contribution < -0.4 is 9.46 Å². The van der Waals surface area contributed by atoms with Crippen LogP contribution in [-0.4, -0.2) is 36.7 Å². The molecule has 2 N–H and O–H groups in total. The van der Waals surface area contributed by atoms with Gasteiger partial charge in [0.05, 0.1) is 16.5 Å². The van der Waals surface area contributed by atoms with Gasteiger partial charge in [-0.2, -0.15) is 9.98 Å². The van der Waals surface area contributed by atoms with Crippen LogP contribution in [0.4, 0.5) is 0 Å². The second-order valence-electron chi connectivity index (χ2n) is 9.02. The Balaban J connectivity index is 1.64. The van der Waals surface area contributed by atoms with Crippen molar-refractivity contribution in [3.63, 3.8) is 0 Å². The maximum absolute atomic E-state index is 13.1. The third kappa shape index (κ3) is 6.47. The SMILES string of the molecule is CC#CCOc1ccc(S(=O)(=O)NC(Cc2c(C)n(Cc3ccc(C#N)cc3)c3ccc(Cl)cc23)C(=O)O)cc1. The maximum Gasteiger partial charge on any atom is 0.322 e. The summed E-state index contributed by atoms with van der Waals surface area (Å²) in [5.74, 6) is 4.59. The van der Waals surface area contributed by atoms with Crippen molar-refractivity contribution < 1.29 is 23.1 Å². The van der Waals surface area contributed by atoms with Gasteiger partial charge in [-0.15, -0.1) is 5.92 Å². The van der Waals surface area contributed by atoms with E-state index in [1.165, 1.54) is 24.3 Å². The molecular formula is C30H26ClN3O5S.